The number of carbonyl (C=O) groups is 1. The number of thiophene rings is 1. The highest BCUT2D eigenvalue weighted by Gasteiger charge is 2.15. The predicted octanol–water partition coefficient (Wildman–Crippen LogP) is 3.35. The fourth-order valence-electron chi connectivity index (χ4n) is 2.68. The summed E-state index contributed by atoms with van der Waals surface area (Å²) in [5.74, 6) is 5.19. The van der Waals surface area contributed by atoms with Crippen LogP contribution >= 0.6 is 35.2 Å². The average molecular weight is 433 g/mol. The number of hydrogen-bond acceptors (Lipinski definition) is 5. The number of nitrogens with one attached hydrogen (secondary N) is 1. The summed E-state index contributed by atoms with van der Waals surface area (Å²) in [5.41, 5.74) is 1.29. The third-order valence-electron chi connectivity index (χ3n) is 3.99. The van der Waals surface area contributed by atoms with Gasteiger partial charge in [-0.2, -0.15) is 0 Å². The highest BCUT2D eigenvalue weighted by molar-refractivity contribution is 7.71. The summed E-state index contributed by atoms with van der Waals surface area (Å²) in [4.78, 5) is 14.3. The van der Waals surface area contributed by atoms with Crippen molar-refractivity contribution >= 4 is 51.3 Å². The number of aliphatic hydroxyl groups is 2. The number of halogens is 1. The quantitative estimate of drug-likeness (QED) is 0.427. The zero-order valence-corrected chi connectivity index (χ0v) is 17.1. The van der Waals surface area contributed by atoms with Crippen molar-refractivity contribution in [2.45, 2.75) is 13.1 Å². The van der Waals surface area contributed by atoms with Crippen LogP contribution in [-0.4, -0.2) is 33.9 Å². The van der Waals surface area contributed by atoms with Crippen molar-refractivity contribution in [2.24, 2.45) is 0 Å². The Labute approximate surface area is 176 Å². The summed E-state index contributed by atoms with van der Waals surface area (Å²) >= 11 is 12.8. The highest BCUT2D eigenvalue weighted by Crippen LogP contribution is 2.28. The molecule has 2 heterocycles. The first-order valence-electron chi connectivity index (χ1n) is 8.43. The molecule has 3 aromatic rings. The fourth-order valence-corrected chi connectivity index (χ4v) is 4.21. The Balaban J connectivity index is 1.95. The van der Waals surface area contributed by atoms with E-state index in [9.17, 15) is 9.90 Å². The van der Waals surface area contributed by atoms with Crippen LogP contribution in [0.2, 0.25) is 5.02 Å². The lowest BCUT2D eigenvalue weighted by Crippen LogP contribution is -2.24. The van der Waals surface area contributed by atoms with Gasteiger partial charge in [-0.15, -0.1) is 11.3 Å². The molecule has 0 saturated heterocycles. The molecule has 144 valence electrons. The van der Waals surface area contributed by atoms with Crippen molar-refractivity contribution < 1.29 is 15.0 Å². The number of fused-ring (bicyclic) bond motifs is 1. The Morgan fingerprint density at radius 3 is 2.71 bits per heavy atom. The highest BCUT2D eigenvalue weighted by atomic mass is 35.5. The van der Waals surface area contributed by atoms with Gasteiger partial charge in [0.1, 0.15) is 11.4 Å². The van der Waals surface area contributed by atoms with Crippen LogP contribution in [0.25, 0.3) is 10.2 Å². The lowest BCUT2D eigenvalue weighted by molar-refractivity contribution is 0.0949. The molecule has 0 aliphatic heterocycles. The molecule has 28 heavy (non-hydrogen) atoms. The van der Waals surface area contributed by atoms with Gasteiger partial charge >= 0.3 is 0 Å². The zero-order valence-electron chi connectivity index (χ0n) is 14.7. The van der Waals surface area contributed by atoms with Crippen LogP contribution in [0.3, 0.4) is 0 Å². The molecule has 0 radical (unpaired) electrons. The van der Waals surface area contributed by atoms with E-state index < -0.39 is 0 Å². The molecule has 0 saturated carbocycles. The SMILES string of the molecule is O=C(NCc1ccc(Cl)cc1)c1cn(CCO)c2sc(C#CCO)cc2c1=S. The molecule has 0 aliphatic rings. The van der Waals surface area contributed by atoms with E-state index in [-0.39, 0.29) is 19.1 Å². The Hall–Kier alpha value is -2.21. The monoisotopic (exact) mass is 432 g/mol. The number of pyridine rings is 1. The van der Waals surface area contributed by atoms with Gasteiger partial charge in [0, 0.05) is 29.7 Å². The molecule has 0 unspecified atom stereocenters. The second kappa shape index (κ2) is 9.32. The molecule has 3 rings (SSSR count). The van der Waals surface area contributed by atoms with E-state index in [4.69, 9.17) is 28.9 Å². The van der Waals surface area contributed by atoms with E-state index in [1.807, 2.05) is 18.2 Å². The van der Waals surface area contributed by atoms with Gasteiger partial charge in [0.15, 0.2) is 0 Å². The standard InChI is InChI=1S/C20H17ClN2O3S2/c21-14-5-3-13(4-6-14)11-22-19(26)17-12-23(7-9-25)20-16(18(17)27)10-15(28-20)2-1-8-24/h3-6,10,12,24-25H,7-9,11H2,(H,22,26). The second-order valence-electron chi connectivity index (χ2n) is 5.89. The van der Waals surface area contributed by atoms with Crippen LogP contribution in [0.15, 0.2) is 36.5 Å². The van der Waals surface area contributed by atoms with E-state index in [0.29, 0.717) is 28.2 Å². The third-order valence-corrected chi connectivity index (χ3v) is 5.77. The molecule has 2 aromatic heterocycles. The minimum Gasteiger partial charge on any atom is -0.395 e. The number of aliphatic hydroxyl groups excluding tert-OH is 2. The molecule has 3 N–H and O–H groups in total. The van der Waals surface area contributed by atoms with Crippen molar-refractivity contribution in [1.82, 2.24) is 9.88 Å². The summed E-state index contributed by atoms with van der Waals surface area (Å²) in [7, 11) is 0. The van der Waals surface area contributed by atoms with Crippen LogP contribution in [0.5, 0.6) is 0 Å². The van der Waals surface area contributed by atoms with Gasteiger partial charge in [-0.05, 0) is 23.8 Å². The van der Waals surface area contributed by atoms with Crippen molar-refractivity contribution in [2.75, 3.05) is 13.2 Å². The number of rotatable bonds is 5. The third kappa shape index (κ3) is 4.61. The van der Waals surface area contributed by atoms with Crippen molar-refractivity contribution in [3.8, 4) is 11.8 Å². The van der Waals surface area contributed by atoms with Crippen molar-refractivity contribution in [3.05, 3.63) is 62.1 Å². The lowest BCUT2D eigenvalue weighted by atomic mass is 10.2. The summed E-state index contributed by atoms with van der Waals surface area (Å²) in [6.07, 6.45) is 1.66. The predicted molar refractivity (Wildman–Crippen MR) is 114 cm³/mol. The van der Waals surface area contributed by atoms with E-state index in [1.165, 1.54) is 11.3 Å². The Bertz CT molecular complexity index is 1120. The van der Waals surface area contributed by atoms with Crippen LogP contribution in [0, 0.1) is 16.4 Å². The number of nitrogens with zero attached hydrogens (tertiary/aromatic N) is 1. The Morgan fingerprint density at radius 2 is 2.04 bits per heavy atom. The number of carbonyl (C=O) groups excluding carboxylic acids is 1. The molecule has 1 aromatic carbocycles. The Kier molecular flexibility index (Phi) is 6.83. The molecular formula is C20H17ClN2O3S2. The summed E-state index contributed by atoms with van der Waals surface area (Å²) < 4.78 is 2.24. The topological polar surface area (TPSA) is 74.5 Å². The first kappa shape index (κ1) is 20.5. The minimum absolute atomic E-state index is 0.0715. The number of aromatic nitrogens is 1. The van der Waals surface area contributed by atoms with Crippen LogP contribution in [-0.2, 0) is 13.1 Å². The van der Waals surface area contributed by atoms with Crippen molar-refractivity contribution in [3.63, 3.8) is 0 Å². The molecule has 5 nitrogen and oxygen atoms in total. The Morgan fingerprint density at radius 1 is 1.29 bits per heavy atom. The molecule has 0 atom stereocenters. The molecule has 0 fully saturated rings. The molecule has 0 spiro atoms. The van der Waals surface area contributed by atoms with Gasteiger partial charge in [-0.1, -0.05) is 47.8 Å². The fraction of sp³-hybridized carbons (Fsp3) is 0.200. The largest absolute Gasteiger partial charge is 0.395 e. The summed E-state index contributed by atoms with van der Waals surface area (Å²) in [6.45, 7) is 0.374. The zero-order chi connectivity index (χ0) is 20.1. The average Bonchev–Trinajstić information content (AvgIpc) is 3.13. The van der Waals surface area contributed by atoms with Crippen LogP contribution in [0.1, 0.15) is 20.8 Å². The molecule has 0 bridgehead atoms. The van der Waals surface area contributed by atoms with Gasteiger partial charge in [-0.25, -0.2) is 0 Å². The first-order chi connectivity index (χ1) is 13.5. The van der Waals surface area contributed by atoms with Gasteiger partial charge in [0.05, 0.1) is 21.6 Å². The molecule has 8 heteroatoms. The first-order valence-corrected chi connectivity index (χ1v) is 10.0. The smallest absolute Gasteiger partial charge is 0.254 e. The van der Waals surface area contributed by atoms with E-state index >= 15 is 0 Å². The summed E-state index contributed by atoms with van der Waals surface area (Å²) in [5, 5.41) is 22.5. The maximum atomic E-state index is 12.7. The molecule has 0 aliphatic carbocycles. The van der Waals surface area contributed by atoms with Crippen LogP contribution < -0.4 is 5.32 Å². The van der Waals surface area contributed by atoms with E-state index in [2.05, 4.69) is 17.2 Å². The van der Waals surface area contributed by atoms with Crippen LogP contribution in [0.4, 0.5) is 0 Å². The number of benzene rings is 1. The summed E-state index contributed by atoms with van der Waals surface area (Å²) in [6, 6.07) is 9.04. The normalized spacial score (nSPS) is 10.5. The second-order valence-corrected chi connectivity index (χ2v) is 7.76. The number of amides is 1. The molecular weight excluding hydrogens is 416 g/mol. The molecule has 1 amide bonds. The lowest BCUT2D eigenvalue weighted by Gasteiger charge is -2.11. The van der Waals surface area contributed by atoms with Gasteiger partial charge in [0.2, 0.25) is 0 Å². The minimum atomic E-state index is -0.289. The number of hydrogen-bond donors (Lipinski definition) is 3. The maximum absolute atomic E-state index is 12.7. The van der Waals surface area contributed by atoms with E-state index in [0.717, 1.165) is 20.7 Å². The maximum Gasteiger partial charge on any atom is 0.254 e. The van der Waals surface area contributed by atoms with Gasteiger partial charge in [-0.3, -0.25) is 4.79 Å². The van der Waals surface area contributed by atoms with E-state index in [1.54, 1.807) is 22.9 Å². The van der Waals surface area contributed by atoms with Gasteiger partial charge < -0.3 is 20.1 Å². The van der Waals surface area contributed by atoms with Gasteiger partial charge in [0.25, 0.3) is 5.91 Å². The van der Waals surface area contributed by atoms with Crippen molar-refractivity contribution in [1.29, 1.82) is 0 Å².